The highest BCUT2D eigenvalue weighted by Crippen LogP contribution is 2.27. The smallest absolute Gasteiger partial charge is 0.0577 e. The van der Waals surface area contributed by atoms with E-state index in [1.807, 2.05) is 19.1 Å². The fraction of sp³-hybridized carbons (Fsp3) is 0.455. The van der Waals surface area contributed by atoms with Crippen molar-refractivity contribution in [3.8, 4) is 0 Å². The molecule has 0 aliphatic carbocycles. The minimum atomic E-state index is 0.0578. The Labute approximate surface area is 85.1 Å². The summed E-state index contributed by atoms with van der Waals surface area (Å²) in [5.74, 6) is 0. The van der Waals surface area contributed by atoms with E-state index in [0.29, 0.717) is 6.04 Å². The van der Waals surface area contributed by atoms with E-state index in [2.05, 4.69) is 31.3 Å². The van der Waals surface area contributed by atoms with Gasteiger partial charge in [0.15, 0.2) is 0 Å². The lowest BCUT2D eigenvalue weighted by Crippen LogP contribution is -2.11. The van der Waals surface area contributed by atoms with Crippen LogP contribution in [0.2, 0.25) is 0 Å². The summed E-state index contributed by atoms with van der Waals surface area (Å²) in [6, 6.07) is 8.60. The van der Waals surface area contributed by atoms with Crippen LogP contribution in [0.1, 0.15) is 31.7 Å². The summed E-state index contributed by atoms with van der Waals surface area (Å²) in [7, 11) is 0. The number of alkyl halides is 1. The van der Waals surface area contributed by atoms with E-state index in [1.54, 1.807) is 0 Å². The Hall–Kier alpha value is -0.690. The molecule has 0 saturated heterocycles. The molecular weight excluding hydrogens is 182 g/mol. The molecule has 13 heavy (non-hydrogen) atoms. The van der Waals surface area contributed by atoms with Gasteiger partial charge in [-0.3, -0.25) is 0 Å². The molecule has 0 aromatic heterocycles. The maximum Gasteiger partial charge on any atom is 0.0577 e. The monoisotopic (exact) mass is 197 g/mol. The van der Waals surface area contributed by atoms with Crippen molar-refractivity contribution < 1.29 is 0 Å². The van der Waals surface area contributed by atoms with Crippen LogP contribution in [0.4, 0.5) is 5.69 Å². The van der Waals surface area contributed by atoms with E-state index in [0.717, 1.165) is 11.3 Å². The van der Waals surface area contributed by atoms with Crippen LogP contribution in [-0.4, -0.2) is 6.04 Å². The van der Waals surface area contributed by atoms with Crippen LogP contribution in [0.15, 0.2) is 24.3 Å². The van der Waals surface area contributed by atoms with E-state index in [-0.39, 0.29) is 5.38 Å². The summed E-state index contributed by atoms with van der Waals surface area (Å²) in [6.45, 7) is 6.23. The number of nitrogens with one attached hydrogen (secondary N) is 1. The third-order valence-electron chi connectivity index (χ3n) is 1.83. The standard InChI is InChI=1S/C11H16ClN/c1-8(2)13-11-7-5-4-6-10(11)9(3)12/h4-9,13H,1-3H3. The summed E-state index contributed by atoms with van der Waals surface area (Å²) >= 11 is 6.05. The fourth-order valence-corrected chi connectivity index (χ4v) is 1.48. The Bertz CT molecular complexity index is 269. The second-order valence-electron chi connectivity index (χ2n) is 3.50. The minimum Gasteiger partial charge on any atom is -0.383 e. The van der Waals surface area contributed by atoms with Gasteiger partial charge in [-0.25, -0.2) is 0 Å². The van der Waals surface area contributed by atoms with Gasteiger partial charge in [0.1, 0.15) is 0 Å². The maximum absolute atomic E-state index is 6.05. The van der Waals surface area contributed by atoms with E-state index in [4.69, 9.17) is 11.6 Å². The Morgan fingerprint density at radius 3 is 2.31 bits per heavy atom. The van der Waals surface area contributed by atoms with Gasteiger partial charge in [0, 0.05) is 11.7 Å². The van der Waals surface area contributed by atoms with Gasteiger partial charge >= 0.3 is 0 Å². The maximum atomic E-state index is 6.05. The topological polar surface area (TPSA) is 12.0 Å². The molecule has 0 amide bonds. The van der Waals surface area contributed by atoms with Crippen LogP contribution in [-0.2, 0) is 0 Å². The van der Waals surface area contributed by atoms with Gasteiger partial charge in [-0.2, -0.15) is 0 Å². The second-order valence-corrected chi connectivity index (χ2v) is 4.16. The number of hydrogen-bond acceptors (Lipinski definition) is 1. The quantitative estimate of drug-likeness (QED) is 0.727. The fourth-order valence-electron chi connectivity index (χ4n) is 1.29. The van der Waals surface area contributed by atoms with Crippen molar-refractivity contribution in [2.75, 3.05) is 5.32 Å². The van der Waals surface area contributed by atoms with Crippen molar-refractivity contribution in [3.05, 3.63) is 29.8 Å². The summed E-state index contributed by atoms with van der Waals surface area (Å²) in [5, 5.41) is 3.43. The molecule has 0 spiro atoms. The SMILES string of the molecule is CC(C)Nc1ccccc1C(C)Cl. The van der Waals surface area contributed by atoms with Gasteiger partial charge in [0.2, 0.25) is 0 Å². The Kier molecular flexibility index (Phi) is 3.61. The van der Waals surface area contributed by atoms with Crippen molar-refractivity contribution in [2.45, 2.75) is 32.2 Å². The molecule has 1 rings (SSSR count). The number of halogens is 1. The van der Waals surface area contributed by atoms with Crippen LogP contribution in [0.25, 0.3) is 0 Å². The molecule has 0 bridgehead atoms. The van der Waals surface area contributed by atoms with Crippen molar-refractivity contribution in [2.24, 2.45) is 0 Å². The Morgan fingerprint density at radius 2 is 1.77 bits per heavy atom. The highest BCUT2D eigenvalue weighted by Gasteiger charge is 2.07. The number of para-hydroxylation sites is 1. The molecule has 1 nitrogen and oxygen atoms in total. The summed E-state index contributed by atoms with van der Waals surface area (Å²) < 4.78 is 0. The lowest BCUT2D eigenvalue weighted by atomic mass is 10.1. The molecule has 1 aromatic rings. The summed E-state index contributed by atoms with van der Waals surface area (Å²) in [4.78, 5) is 0. The molecule has 1 unspecified atom stereocenters. The third-order valence-corrected chi connectivity index (χ3v) is 2.07. The summed E-state index contributed by atoms with van der Waals surface area (Å²) in [5.41, 5.74) is 2.30. The van der Waals surface area contributed by atoms with Crippen molar-refractivity contribution >= 4 is 17.3 Å². The van der Waals surface area contributed by atoms with Gasteiger partial charge in [-0.15, -0.1) is 11.6 Å². The zero-order valence-electron chi connectivity index (χ0n) is 8.34. The molecule has 1 N–H and O–H groups in total. The zero-order valence-corrected chi connectivity index (χ0v) is 9.10. The van der Waals surface area contributed by atoms with E-state index < -0.39 is 0 Å². The Morgan fingerprint density at radius 1 is 1.15 bits per heavy atom. The van der Waals surface area contributed by atoms with Gasteiger partial charge in [0.05, 0.1) is 5.38 Å². The number of benzene rings is 1. The molecule has 1 atom stereocenters. The van der Waals surface area contributed by atoms with Crippen LogP contribution in [0.5, 0.6) is 0 Å². The van der Waals surface area contributed by atoms with Gasteiger partial charge in [-0.05, 0) is 32.4 Å². The normalized spacial score (nSPS) is 13.0. The summed E-state index contributed by atoms with van der Waals surface area (Å²) in [6.07, 6.45) is 0. The number of hydrogen-bond donors (Lipinski definition) is 1. The van der Waals surface area contributed by atoms with Crippen LogP contribution in [0, 0.1) is 0 Å². The van der Waals surface area contributed by atoms with E-state index >= 15 is 0 Å². The molecule has 0 aliphatic heterocycles. The first-order valence-corrected chi connectivity index (χ1v) is 5.04. The average Bonchev–Trinajstić information content (AvgIpc) is 2.03. The van der Waals surface area contributed by atoms with Crippen LogP contribution < -0.4 is 5.32 Å². The lowest BCUT2D eigenvalue weighted by molar-refractivity contribution is 0.892. The molecular formula is C11H16ClN. The largest absolute Gasteiger partial charge is 0.383 e. The second kappa shape index (κ2) is 4.52. The van der Waals surface area contributed by atoms with Crippen molar-refractivity contribution in [1.82, 2.24) is 0 Å². The molecule has 0 aliphatic rings. The van der Waals surface area contributed by atoms with E-state index in [1.165, 1.54) is 0 Å². The molecule has 2 heteroatoms. The van der Waals surface area contributed by atoms with Gasteiger partial charge in [0.25, 0.3) is 0 Å². The molecule has 1 aromatic carbocycles. The first-order valence-electron chi connectivity index (χ1n) is 4.60. The first kappa shape index (κ1) is 10.4. The highest BCUT2D eigenvalue weighted by molar-refractivity contribution is 6.21. The zero-order chi connectivity index (χ0) is 9.84. The Balaban J connectivity index is 2.91. The van der Waals surface area contributed by atoms with E-state index in [9.17, 15) is 0 Å². The van der Waals surface area contributed by atoms with Crippen molar-refractivity contribution in [3.63, 3.8) is 0 Å². The molecule has 72 valence electrons. The molecule has 0 heterocycles. The number of anilines is 1. The van der Waals surface area contributed by atoms with Gasteiger partial charge < -0.3 is 5.32 Å². The van der Waals surface area contributed by atoms with Crippen molar-refractivity contribution in [1.29, 1.82) is 0 Å². The predicted octanol–water partition coefficient (Wildman–Crippen LogP) is 3.81. The van der Waals surface area contributed by atoms with Crippen LogP contribution >= 0.6 is 11.6 Å². The minimum absolute atomic E-state index is 0.0578. The van der Waals surface area contributed by atoms with Crippen LogP contribution in [0.3, 0.4) is 0 Å². The molecule has 0 radical (unpaired) electrons. The average molecular weight is 198 g/mol. The third kappa shape index (κ3) is 2.92. The molecule has 0 fully saturated rings. The molecule has 0 saturated carbocycles. The number of rotatable bonds is 3. The lowest BCUT2D eigenvalue weighted by Gasteiger charge is -2.15. The highest BCUT2D eigenvalue weighted by atomic mass is 35.5. The predicted molar refractivity (Wildman–Crippen MR) is 59.5 cm³/mol. The van der Waals surface area contributed by atoms with Gasteiger partial charge in [-0.1, -0.05) is 18.2 Å². The first-order chi connectivity index (χ1) is 6.11.